The number of nitrogen functional groups attached to an aromatic ring is 1. The summed E-state index contributed by atoms with van der Waals surface area (Å²) in [7, 11) is 0. The highest BCUT2D eigenvalue weighted by Gasteiger charge is 2.13. The minimum absolute atomic E-state index is 0.304. The van der Waals surface area contributed by atoms with E-state index >= 15 is 0 Å². The lowest BCUT2D eigenvalue weighted by molar-refractivity contribution is 0.174. The zero-order chi connectivity index (χ0) is 11.7. The van der Waals surface area contributed by atoms with Gasteiger partial charge in [-0.3, -0.25) is 0 Å². The Labute approximate surface area is 98.1 Å². The van der Waals surface area contributed by atoms with Crippen molar-refractivity contribution in [2.45, 2.75) is 12.8 Å². The van der Waals surface area contributed by atoms with Gasteiger partial charge in [-0.05, 0) is 30.5 Å². The zero-order valence-corrected chi connectivity index (χ0v) is 9.18. The molecule has 88 valence electrons. The van der Waals surface area contributed by atoms with Crippen LogP contribution in [-0.2, 0) is 12.8 Å². The van der Waals surface area contributed by atoms with Gasteiger partial charge in [0.15, 0.2) is 11.5 Å². The highest BCUT2D eigenvalue weighted by molar-refractivity contribution is 5.44. The van der Waals surface area contributed by atoms with Crippen LogP contribution in [0.4, 0.5) is 5.88 Å². The van der Waals surface area contributed by atoms with E-state index in [1.165, 1.54) is 5.56 Å². The monoisotopic (exact) mass is 232 g/mol. The lowest BCUT2D eigenvalue weighted by atomic mass is 10.1. The summed E-state index contributed by atoms with van der Waals surface area (Å²) in [4.78, 5) is 0. The van der Waals surface area contributed by atoms with Gasteiger partial charge in [0, 0.05) is 6.07 Å². The van der Waals surface area contributed by atoms with Crippen LogP contribution >= 0.6 is 0 Å². The standard InChI is InChI=1S/C12H12N2O3/c13-12-6-9(14-17-12)3-1-8-2-4-10-11(5-8)16-7-15-10/h2,4-6H,1,3,7,13H2. The molecule has 0 spiro atoms. The molecular weight excluding hydrogens is 220 g/mol. The molecule has 1 aromatic carbocycles. The van der Waals surface area contributed by atoms with E-state index in [1.54, 1.807) is 6.07 Å². The molecule has 2 heterocycles. The first-order valence-electron chi connectivity index (χ1n) is 5.41. The highest BCUT2D eigenvalue weighted by Crippen LogP contribution is 2.32. The zero-order valence-electron chi connectivity index (χ0n) is 9.18. The maximum Gasteiger partial charge on any atom is 0.231 e. The Morgan fingerprint density at radius 1 is 1.12 bits per heavy atom. The number of ether oxygens (including phenoxy) is 2. The summed E-state index contributed by atoms with van der Waals surface area (Å²) in [5, 5.41) is 3.85. The van der Waals surface area contributed by atoms with Crippen molar-refractivity contribution in [2.24, 2.45) is 0 Å². The largest absolute Gasteiger partial charge is 0.454 e. The third-order valence-electron chi connectivity index (χ3n) is 2.68. The number of rotatable bonds is 3. The van der Waals surface area contributed by atoms with Crippen LogP contribution in [0.1, 0.15) is 11.3 Å². The van der Waals surface area contributed by atoms with Gasteiger partial charge in [-0.25, -0.2) is 0 Å². The second-order valence-corrected chi connectivity index (χ2v) is 3.91. The molecule has 0 atom stereocenters. The molecule has 0 radical (unpaired) electrons. The summed E-state index contributed by atoms with van der Waals surface area (Å²) in [6.07, 6.45) is 1.66. The Bertz CT molecular complexity index is 536. The number of anilines is 1. The van der Waals surface area contributed by atoms with Gasteiger partial charge in [0.1, 0.15) is 0 Å². The van der Waals surface area contributed by atoms with Gasteiger partial charge in [0.2, 0.25) is 12.7 Å². The van der Waals surface area contributed by atoms with E-state index < -0.39 is 0 Å². The third kappa shape index (κ3) is 2.04. The normalized spacial score (nSPS) is 12.9. The maximum absolute atomic E-state index is 5.46. The number of benzene rings is 1. The van der Waals surface area contributed by atoms with E-state index in [4.69, 9.17) is 19.7 Å². The van der Waals surface area contributed by atoms with Crippen LogP contribution < -0.4 is 15.2 Å². The molecule has 2 N–H and O–H groups in total. The van der Waals surface area contributed by atoms with Gasteiger partial charge in [-0.15, -0.1) is 0 Å². The molecule has 1 aliphatic rings. The molecule has 17 heavy (non-hydrogen) atoms. The summed E-state index contributed by atoms with van der Waals surface area (Å²) in [5.74, 6) is 1.97. The van der Waals surface area contributed by atoms with Gasteiger partial charge >= 0.3 is 0 Å². The first-order chi connectivity index (χ1) is 8.31. The van der Waals surface area contributed by atoms with Crippen LogP contribution in [0.2, 0.25) is 0 Å². The van der Waals surface area contributed by atoms with Crippen molar-refractivity contribution in [2.75, 3.05) is 12.5 Å². The molecule has 0 fully saturated rings. The van der Waals surface area contributed by atoms with Crippen molar-refractivity contribution in [3.63, 3.8) is 0 Å². The van der Waals surface area contributed by atoms with E-state index in [1.807, 2.05) is 18.2 Å². The number of aryl methyl sites for hydroxylation is 2. The second kappa shape index (κ2) is 4.01. The van der Waals surface area contributed by atoms with E-state index in [2.05, 4.69) is 5.16 Å². The minimum atomic E-state index is 0.304. The molecule has 0 saturated carbocycles. The highest BCUT2D eigenvalue weighted by atomic mass is 16.7. The average molecular weight is 232 g/mol. The lowest BCUT2D eigenvalue weighted by Gasteiger charge is -2.01. The Balaban J connectivity index is 1.69. The van der Waals surface area contributed by atoms with E-state index in [9.17, 15) is 0 Å². The molecule has 0 amide bonds. The van der Waals surface area contributed by atoms with Crippen LogP contribution in [0.5, 0.6) is 11.5 Å². The van der Waals surface area contributed by atoms with Gasteiger partial charge < -0.3 is 19.7 Å². The number of aromatic nitrogens is 1. The third-order valence-corrected chi connectivity index (χ3v) is 2.68. The summed E-state index contributed by atoms with van der Waals surface area (Å²) in [5.41, 5.74) is 7.49. The number of fused-ring (bicyclic) bond motifs is 1. The number of nitrogens with zero attached hydrogens (tertiary/aromatic N) is 1. The van der Waals surface area contributed by atoms with E-state index in [-0.39, 0.29) is 0 Å². The van der Waals surface area contributed by atoms with Crippen LogP contribution in [-0.4, -0.2) is 11.9 Å². The molecule has 0 unspecified atom stereocenters. The smallest absolute Gasteiger partial charge is 0.231 e. The molecule has 3 rings (SSSR count). The van der Waals surface area contributed by atoms with E-state index in [0.717, 1.165) is 30.0 Å². The van der Waals surface area contributed by atoms with Crippen LogP contribution in [0.25, 0.3) is 0 Å². The topological polar surface area (TPSA) is 70.5 Å². The fraction of sp³-hybridized carbons (Fsp3) is 0.250. The molecule has 5 nitrogen and oxygen atoms in total. The van der Waals surface area contributed by atoms with Gasteiger partial charge in [0.05, 0.1) is 5.69 Å². The van der Waals surface area contributed by atoms with Crippen LogP contribution in [0, 0.1) is 0 Å². The van der Waals surface area contributed by atoms with Crippen LogP contribution in [0.15, 0.2) is 28.8 Å². The summed E-state index contributed by atoms with van der Waals surface area (Å²) in [6.45, 7) is 0.304. The molecule has 5 heteroatoms. The number of nitrogens with two attached hydrogens (primary N) is 1. The Morgan fingerprint density at radius 2 is 2.00 bits per heavy atom. The van der Waals surface area contributed by atoms with Gasteiger partial charge in [-0.2, -0.15) is 0 Å². The molecule has 2 aromatic rings. The predicted octanol–water partition coefficient (Wildman–Crippen LogP) is 1.77. The molecule has 0 bridgehead atoms. The minimum Gasteiger partial charge on any atom is -0.454 e. The number of hydrogen-bond donors (Lipinski definition) is 1. The van der Waals surface area contributed by atoms with Crippen molar-refractivity contribution in [3.8, 4) is 11.5 Å². The number of hydrogen-bond acceptors (Lipinski definition) is 5. The fourth-order valence-electron chi connectivity index (χ4n) is 1.81. The van der Waals surface area contributed by atoms with Crippen LogP contribution in [0.3, 0.4) is 0 Å². The summed E-state index contributed by atoms with van der Waals surface area (Å²) in [6, 6.07) is 7.69. The average Bonchev–Trinajstić information content (AvgIpc) is 2.94. The van der Waals surface area contributed by atoms with Crippen molar-refractivity contribution < 1.29 is 14.0 Å². The maximum atomic E-state index is 5.46. The summed E-state index contributed by atoms with van der Waals surface area (Å²) < 4.78 is 15.4. The van der Waals surface area contributed by atoms with Gasteiger partial charge in [-0.1, -0.05) is 11.2 Å². The fourth-order valence-corrected chi connectivity index (χ4v) is 1.81. The molecule has 0 aliphatic carbocycles. The SMILES string of the molecule is Nc1cc(CCc2ccc3c(c2)OCO3)no1. The van der Waals surface area contributed by atoms with Crippen molar-refractivity contribution in [3.05, 3.63) is 35.5 Å². The Kier molecular flexibility index (Phi) is 2.36. The molecule has 1 aliphatic heterocycles. The van der Waals surface area contributed by atoms with Crippen molar-refractivity contribution in [1.82, 2.24) is 5.16 Å². The first kappa shape index (κ1) is 10.0. The van der Waals surface area contributed by atoms with Crippen molar-refractivity contribution >= 4 is 5.88 Å². The molecule has 1 aromatic heterocycles. The van der Waals surface area contributed by atoms with Crippen molar-refractivity contribution in [1.29, 1.82) is 0 Å². The summed E-state index contributed by atoms with van der Waals surface area (Å²) >= 11 is 0. The van der Waals surface area contributed by atoms with E-state index in [0.29, 0.717) is 12.7 Å². The quantitative estimate of drug-likeness (QED) is 0.873. The Hall–Kier alpha value is -2.17. The second-order valence-electron chi connectivity index (χ2n) is 3.91. The van der Waals surface area contributed by atoms with Gasteiger partial charge in [0.25, 0.3) is 0 Å². The molecular formula is C12H12N2O3. The lowest BCUT2D eigenvalue weighted by Crippen LogP contribution is -1.93. The first-order valence-corrected chi connectivity index (χ1v) is 5.41. The Morgan fingerprint density at radius 3 is 2.82 bits per heavy atom. The predicted molar refractivity (Wildman–Crippen MR) is 60.9 cm³/mol. The molecule has 0 saturated heterocycles.